The van der Waals surface area contributed by atoms with Crippen LogP contribution in [-0.2, 0) is 0 Å². The van der Waals surface area contributed by atoms with E-state index in [0.717, 1.165) is 34.0 Å². The van der Waals surface area contributed by atoms with Gasteiger partial charge in [0.25, 0.3) is 0 Å². The third-order valence-corrected chi connectivity index (χ3v) is 6.52. The molecule has 182 valence electrons. The number of para-hydroxylation sites is 2. The second-order valence-corrected chi connectivity index (χ2v) is 9.26. The van der Waals surface area contributed by atoms with Crippen molar-refractivity contribution < 1.29 is 0 Å². The normalized spacial score (nSPS) is 11.0. The van der Waals surface area contributed by atoms with Crippen molar-refractivity contribution in [3.63, 3.8) is 0 Å². The molecule has 37 heavy (non-hydrogen) atoms. The summed E-state index contributed by atoms with van der Waals surface area (Å²) in [6, 6.07) is 44.3. The fourth-order valence-electron chi connectivity index (χ4n) is 4.26. The molecule has 5 aromatic rings. The van der Waals surface area contributed by atoms with E-state index in [1.165, 1.54) is 16.7 Å². The van der Waals surface area contributed by atoms with Crippen LogP contribution in [0.4, 0.5) is 28.4 Å². The molecule has 0 heterocycles. The minimum Gasteiger partial charge on any atom is -0.310 e. The van der Waals surface area contributed by atoms with Crippen LogP contribution in [0, 0.1) is 20.8 Å². The van der Waals surface area contributed by atoms with Crippen molar-refractivity contribution in [1.29, 1.82) is 0 Å². The van der Waals surface area contributed by atoms with E-state index in [-0.39, 0.29) is 0 Å². The second-order valence-electron chi connectivity index (χ2n) is 9.26. The van der Waals surface area contributed by atoms with Gasteiger partial charge >= 0.3 is 0 Å². The molecule has 0 unspecified atom stereocenters. The molecule has 3 nitrogen and oxygen atoms in total. The van der Waals surface area contributed by atoms with Gasteiger partial charge in [0.1, 0.15) is 0 Å². The lowest BCUT2D eigenvalue weighted by atomic mass is 10.1. The molecule has 0 saturated carbocycles. The van der Waals surface area contributed by atoms with Gasteiger partial charge in [-0.1, -0.05) is 72.3 Å². The maximum atomic E-state index is 4.85. The number of hydrazone groups is 1. The van der Waals surface area contributed by atoms with Crippen molar-refractivity contribution in [2.24, 2.45) is 5.10 Å². The van der Waals surface area contributed by atoms with Gasteiger partial charge in [0.15, 0.2) is 0 Å². The molecule has 3 heteroatoms. The summed E-state index contributed by atoms with van der Waals surface area (Å²) in [4.78, 5) is 2.30. The van der Waals surface area contributed by atoms with E-state index in [0.29, 0.717) is 0 Å². The van der Waals surface area contributed by atoms with Gasteiger partial charge in [-0.3, -0.25) is 0 Å². The largest absolute Gasteiger partial charge is 0.310 e. The molecule has 0 saturated heterocycles. The highest BCUT2D eigenvalue weighted by Crippen LogP contribution is 2.35. The predicted molar refractivity (Wildman–Crippen MR) is 158 cm³/mol. The SMILES string of the molecule is Cc1ccc(N(c2ccc(/C=N/N(c3ccccc3)c3ccccc3)cc2)c2ccc(C)c(C)c2)cc1. The Morgan fingerprint density at radius 3 is 1.54 bits per heavy atom. The van der Waals surface area contributed by atoms with Crippen LogP contribution in [0.3, 0.4) is 0 Å². The lowest BCUT2D eigenvalue weighted by Crippen LogP contribution is -2.11. The Hall–Kier alpha value is -4.63. The van der Waals surface area contributed by atoms with Crippen molar-refractivity contribution in [3.05, 3.63) is 150 Å². The number of hydrogen-bond acceptors (Lipinski definition) is 3. The third-order valence-electron chi connectivity index (χ3n) is 6.52. The van der Waals surface area contributed by atoms with Gasteiger partial charge < -0.3 is 4.90 Å². The Kier molecular flexibility index (Phi) is 7.14. The lowest BCUT2D eigenvalue weighted by molar-refractivity contribution is 1.09. The van der Waals surface area contributed by atoms with E-state index >= 15 is 0 Å². The maximum absolute atomic E-state index is 4.85. The highest BCUT2D eigenvalue weighted by atomic mass is 15.5. The van der Waals surface area contributed by atoms with Crippen LogP contribution in [0.5, 0.6) is 0 Å². The lowest BCUT2D eigenvalue weighted by Gasteiger charge is -2.26. The van der Waals surface area contributed by atoms with Gasteiger partial charge in [-0.05, 0) is 98.1 Å². The van der Waals surface area contributed by atoms with E-state index < -0.39 is 0 Å². The van der Waals surface area contributed by atoms with Crippen LogP contribution in [-0.4, -0.2) is 6.21 Å². The third kappa shape index (κ3) is 5.62. The molecule has 0 N–H and O–H groups in total. The van der Waals surface area contributed by atoms with E-state index in [2.05, 4.69) is 117 Å². The van der Waals surface area contributed by atoms with Gasteiger partial charge in [-0.25, -0.2) is 5.01 Å². The minimum atomic E-state index is 1.02. The number of rotatable bonds is 7. The average Bonchev–Trinajstić information content (AvgIpc) is 2.94. The molecule has 5 aromatic carbocycles. The molecule has 0 radical (unpaired) electrons. The summed E-state index contributed by atoms with van der Waals surface area (Å²) in [7, 11) is 0. The molecule has 0 aliphatic rings. The Morgan fingerprint density at radius 1 is 0.486 bits per heavy atom. The summed E-state index contributed by atoms with van der Waals surface area (Å²) in [6.45, 7) is 6.43. The molecule has 0 amide bonds. The number of aryl methyl sites for hydroxylation is 3. The van der Waals surface area contributed by atoms with Crippen LogP contribution in [0.1, 0.15) is 22.3 Å². The molecule has 0 fully saturated rings. The van der Waals surface area contributed by atoms with Crippen LogP contribution in [0.2, 0.25) is 0 Å². The maximum Gasteiger partial charge on any atom is 0.0652 e. The van der Waals surface area contributed by atoms with Crippen molar-refractivity contribution in [3.8, 4) is 0 Å². The van der Waals surface area contributed by atoms with Gasteiger partial charge in [0, 0.05) is 17.1 Å². The Labute approximate surface area is 220 Å². The molecular formula is C34H31N3. The highest BCUT2D eigenvalue weighted by molar-refractivity contribution is 5.84. The first-order chi connectivity index (χ1) is 18.1. The molecule has 0 aliphatic carbocycles. The van der Waals surface area contributed by atoms with Crippen molar-refractivity contribution in [2.45, 2.75) is 20.8 Å². The summed E-state index contributed by atoms with van der Waals surface area (Å²) in [5, 5.41) is 6.81. The zero-order valence-electron chi connectivity index (χ0n) is 21.5. The summed E-state index contributed by atoms with van der Waals surface area (Å²) >= 11 is 0. The van der Waals surface area contributed by atoms with Crippen LogP contribution in [0.15, 0.2) is 132 Å². The first-order valence-corrected chi connectivity index (χ1v) is 12.6. The number of nitrogens with zero attached hydrogens (tertiary/aromatic N) is 3. The van der Waals surface area contributed by atoms with Gasteiger partial charge in [-0.2, -0.15) is 5.10 Å². The molecular weight excluding hydrogens is 450 g/mol. The smallest absolute Gasteiger partial charge is 0.0652 e. The zero-order chi connectivity index (χ0) is 25.6. The highest BCUT2D eigenvalue weighted by Gasteiger charge is 2.13. The first kappa shape index (κ1) is 24.1. The molecule has 0 aliphatic heterocycles. The molecule has 0 aromatic heterocycles. The van der Waals surface area contributed by atoms with Crippen molar-refractivity contribution in [1.82, 2.24) is 0 Å². The summed E-state index contributed by atoms with van der Waals surface area (Å²) < 4.78 is 0. The summed E-state index contributed by atoms with van der Waals surface area (Å²) in [5.74, 6) is 0. The fraction of sp³-hybridized carbons (Fsp3) is 0.0882. The van der Waals surface area contributed by atoms with Crippen LogP contribution >= 0.6 is 0 Å². The van der Waals surface area contributed by atoms with Gasteiger partial charge in [0.2, 0.25) is 0 Å². The summed E-state index contributed by atoms with van der Waals surface area (Å²) in [5.41, 5.74) is 10.3. The quantitative estimate of drug-likeness (QED) is 0.170. The van der Waals surface area contributed by atoms with Gasteiger partial charge in [-0.15, -0.1) is 0 Å². The number of hydrogen-bond donors (Lipinski definition) is 0. The standard InChI is InChI=1S/C34H31N3/c1-26-14-19-30(20-15-26)36(34-21-16-27(2)28(3)24-34)31-22-17-29(18-23-31)25-35-37(32-10-6-4-7-11-32)33-12-8-5-9-13-33/h4-25H,1-3H3/b35-25+. The van der Waals surface area contributed by atoms with Crippen molar-refractivity contribution in [2.75, 3.05) is 9.91 Å². The minimum absolute atomic E-state index is 1.02. The summed E-state index contributed by atoms with van der Waals surface area (Å²) in [6.07, 6.45) is 1.91. The molecule has 5 rings (SSSR count). The monoisotopic (exact) mass is 481 g/mol. The van der Waals surface area contributed by atoms with E-state index in [9.17, 15) is 0 Å². The Balaban J connectivity index is 1.47. The van der Waals surface area contributed by atoms with Gasteiger partial charge in [0.05, 0.1) is 17.6 Å². The molecule has 0 atom stereocenters. The zero-order valence-corrected chi connectivity index (χ0v) is 21.5. The Morgan fingerprint density at radius 2 is 1.00 bits per heavy atom. The predicted octanol–water partition coefficient (Wildman–Crippen LogP) is 9.25. The van der Waals surface area contributed by atoms with E-state index in [4.69, 9.17) is 5.10 Å². The van der Waals surface area contributed by atoms with E-state index in [1.807, 2.05) is 47.6 Å². The number of benzene rings is 5. The Bertz CT molecular complexity index is 1430. The van der Waals surface area contributed by atoms with Crippen LogP contribution < -0.4 is 9.91 Å². The molecule has 0 spiro atoms. The van der Waals surface area contributed by atoms with E-state index in [1.54, 1.807) is 0 Å². The van der Waals surface area contributed by atoms with Crippen LogP contribution in [0.25, 0.3) is 0 Å². The second kappa shape index (κ2) is 11.0. The first-order valence-electron chi connectivity index (χ1n) is 12.6. The fourth-order valence-corrected chi connectivity index (χ4v) is 4.26. The molecule has 0 bridgehead atoms. The topological polar surface area (TPSA) is 18.8 Å². The average molecular weight is 482 g/mol. The van der Waals surface area contributed by atoms with Crippen molar-refractivity contribution >= 4 is 34.7 Å². The number of anilines is 5.